The summed E-state index contributed by atoms with van der Waals surface area (Å²) >= 11 is 0. The van der Waals surface area contributed by atoms with Crippen molar-refractivity contribution in [3.8, 4) is 0 Å². The Morgan fingerprint density at radius 1 is 1.00 bits per heavy atom. The van der Waals surface area contributed by atoms with Crippen LogP contribution in [-0.2, 0) is 6.54 Å². The third-order valence-corrected chi connectivity index (χ3v) is 5.21. The van der Waals surface area contributed by atoms with Gasteiger partial charge in [-0.3, -0.25) is 14.0 Å². The zero-order valence-electron chi connectivity index (χ0n) is 16.1. The van der Waals surface area contributed by atoms with Gasteiger partial charge in [0.2, 0.25) is 5.82 Å². The van der Waals surface area contributed by atoms with Crippen LogP contribution in [0.3, 0.4) is 0 Å². The van der Waals surface area contributed by atoms with Crippen molar-refractivity contribution < 1.29 is 14.0 Å². The first-order valence-corrected chi connectivity index (χ1v) is 9.92. The molecule has 0 radical (unpaired) electrons. The van der Waals surface area contributed by atoms with Gasteiger partial charge in [0.1, 0.15) is 5.82 Å². The minimum Gasteiger partial charge on any atom is -0.345 e. The lowest BCUT2D eigenvalue weighted by Gasteiger charge is -2.19. The van der Waals surface area contributed by atoms with Gasteiger partial charge >= 0.3 is 0 Å². The molecule has 1 aliphatic rings. The maximum Gasteiger partial charge on any atom is 0.287 e. The van der Waals surface area contributed by atoms with Crippen LogP contribution in [0.5, 0.6) is 0 Å². The van der Waals surface area contributed by atoms with Crippen LogP contribution in [0.15, 0.2) is 48.7 Å². The number of nitrogens with zero attached hydrogens (tertiary/aromatic N) is 3. The van der Waals surface area contributed by atoms with Gasteiger partial charge in [-0.05, 0) is 42.7 Å². The number of amides is 2. The van der Waals surface area contributed by atoms with Gasteiger partial charge in [-0.25, -0.2) is 9.37 Å². The van der Waals surface area contributed by atoms with Crippen molar-refractivity contribution in [2.75, 3.05) is 13.1 Å². The van der Waals surface area contributed by atoms with E-state index in [1.54, 1.807) is 34.9 Å². The molecule has 7 heteroatoms. The van der Waals surface area contributed by atoms with Gasteiger partial charge in [-0.15, -0.1) is 0 Å². The summed E-state index contributed by atoms with van der Waals surface area (Å²) in [5.41, 5.74) is 1.70. The molecule has 1 aromatic carbocycles. The van der Waals surface area contributed by atoms with E-state index < -0.39 is 0 Å². The molecule has 0 bridgehead atoms. The van der Waals surface area contributed by atoms with E-state index in [2.05, 4.69) is 10.3 Å². The molecule has 1 N–H and O–H groups in total. The second kappa shape index (κ2) is 8.43. The molecule has 2 amide bonds. The van der Waals surface area contributed by atoms with E-state index in [0.29, 0.717) is 11.2 Å². The van der Waals surface area contributed by atoms with Gasteiger partial charge < -0.3 is 10.2 Å². The number of hydrogen-bond acceptors (Lipinski definition) is 3. The highest BCUT2D eigenvalue weighted by Crippen LogP contribution is 2.18. The average molecular weight is 394 g/mol. The standard InChI is InChI=1S/C22H23FN4O2/c23-17-10-8-16(9-11-17)15-24-21(28)20-25-19(18-7-3-6-14-27(18)20)22(29)26-12-4-1-2-5-13-26/h3,6-11,14H,1-2,4-5,12-13,15H2,(H,24,28). The molecule has 3 aromatic rings. The van der Waals surface area contributed by atoms with E-state index in [-0.39, 0.29) is 30.0 Å². The Morgan fingerprint density at radius 3 is 2.45 bits per heavy atom. The van der Waals surface area contributed by atoms with Gasteiger partial charge in [0, 0.05) is 25.8 Å². The Kier molecular flexibility index (Phi) is 5.55. The smallest absolute Gasteiger partial charge is 0.287 e. The quantitative estimate of drug-likeness (QED) is 0.737. The van der Waals surface area contributed by atoms with Crippen molar-refractivity contribution in [2.45, 2.75) is 32.2 Å². The predicted molar refractivity (Wildman–Crippen MR) is 107 cm³/mol. The third kappa shape index (κ3) is 4.13. The molecule has 0 spiro atoms. The molecule has 1 saturated heterocycles. The molecule has 4 rings (SSSR count). The maximum atomic E-state index is 13.1. The number of carbonyl (C=O) groups is 2. The van der Waals surface area contributed by atoms with Gasteiger partial charge in [0.05, 0.1) is 5.52 Å². The van der Waals surface area contributed by atoms with Crippen molar-refractivity contribution >= 4 is 17.3 Å². The maximum absolute atomic E-state index is 13.1. The molecule has 29 heavy (non-hydrogen) atoms. The number of pyridine rings is 1. The highest BCUT2D eigenvalue weighted by Gasteiger charge is 2.25. The second-order valence-corrected chi connectivity index (χ2v) is 7.26. The monoisotopic (exact) mass is 394 g/mol. The molecule has 150 valence electrons. The first kappa shape index (κ1) is 19.1. The van der Waals surface area contributed by atoms with Gasteiger partial charge in [0.15, 0.2) is 5.69 Å². The fourth-order valence-electron chi connectivity index (χ4n) is 3.64. The molecule has 0 unspecified atom stereocenters. The van der Waals surface area contributed by atoms with Crippen molar-refractivity contribution in [1.82, 2.24) is 19.6 Å². The van der Waals surface area contributed by atoms with Crippen LogP contribution in [0.4, 0.5) is 4.39 Å². The molecule has 3 heterocycles. The molecule has 1 fully saturated rings. The summed E-state index contributed by atoms with van der Waals surface area (Å²) in [5.74, 6) is -0.671. The fraction of sp³-hybridized carbons (Fsp3) is 0.318. The minimum atomic E-state index is -0.384. The van der Waals surface area contributed by atoms with Crippen LogP contribution in [0.1, 0.15) is 52.4 Å². The van der Waals surface area contributed by atoms with Crippen LogP contribution >= 0.6 is 0 Å². The van der Waals surface area contributed by atoms with Gasteiger partial charge in [-0.1, -0.05) is 31.0 Å². The molecule has 6 nitrogen and oxygen atoms in total. The summed E-state index contributed by atoms with van der Waals surface area (Å²) in [6, 6.07) is 11.4. The zero-order valence-corrected chi connectivity index (χ0v) is 16.1. The predicted octanol–water partition coefficient (Wildman–Crippen LogP) is 3.42. The van der Waals surface area contributed by atoms with Crippen LogP contribution < -0.4 is 5.32 Å². The summed E-state index contributed by atoms with van der Waals surface area (Å²) in [7, 11) is 0. The van der Waals surface area contributed by atoms with Crippen molar-refractivity contribution in [2.24, 2.45) is 0 Å². The number of nitrogens with one attached hydrogen (secondary N) is 1. The zero-order chi connectivity index (χ0) is 20.2. The van der Waals surface area contributed by atoms with Crippen molar-refractivity contribution in [3.05, 3.63) is 71.6 Å². The highest BCUT2D eigenvalue weighted by atomic mass is 19.1. The molecular weight excluding hydrogens is 371 g/mol. The number of hydrogen-bond donors (Lipinski definition) is 1. The number of rotatable bonds is 4. The number of likely N-dealkylation sites (tertiary alicyclic amines) is 1. The minimum absolute atomic E-state index is 0.131. The van der Waals surface area contributed by atoms with Crippen LogP contribution in [0.25, 0.3) is 5.52 Å². The van der Waals surface area contributed by atoms with E-state index in [9.17, 15) is 14.0 Å². The van der Waals surface area contributed by atoms with Crippen molar-refractivity contribution in [3.63, 3.8) is 0 Å². The SMILES string of the molecule is O=C(NCc1ccc(F)cc1)c1nc(C(=O)N2CCCCCC2)c2ccccn12. The topological polar surface area (TPSA) is 66.7 Å². The molecule has 0 saturated carbocycles. The third-order valence-electron chi connectivity index (χ3n) is 5.21. The van der Waals surface area contributed by atoms with Crippen LogP contribution in [0.2, 0.25) is 0 Å². The number of fused-ring (bicyclic) bond motifs is 1. The Hall–Kier alpha value is -3.22. The first-order valence-electron chi connectivity index (χ1n) is 9.92. The van der Waals surface area contributed by atoms with E-state index >= 15 is 0 Å². The Bertz CT molecular complexity index is 1020. The normalized spacial score (nSPS) is 14.6. The molecule has 0 aliphatic carbocycles. The largest absolute Gasteiger partial charge is 0.345 e. The molecular formula is C22H23FN4O2. The van der Waals surface area contributed by atoms with Crippen LogP contribution in [-0.4, -0.2) is 39.2 Å². The van der Waals surface area contributed by atoms with E-state index in [0.717, 1.165) is 44.3 Å². The highest BCUT2D eigenvalue weighted by molar-refractivity contribution is 6.02. The van der Waals surface area contributed by atoms with Gasteiger partial charge in [-0.2, -0.15) is 0 Å². The fourth-order valence-corrected chi connectivity index (χ4v) is 3.64. The lowest BCUT2D eigenvalue weighted by atomic mass is 10.2. The van der Waals surface area contributed by atoms with Crippen LogP contribution in [0, 0.1) is 5.82 Å². The first-order chi connectivity index (χ1) is 14.1. The Labute approximate surface area is 168 Å². The summed E-state index contributed by atoms with van der Waals surface area (Å²) in [6.07, 6.45) is 5.97. The van der Waals surface area contributed by atoms with Crippen molar-refractivity contribution in [1.29, 1.82) is 0 Å². The number of halogens is 1. The lowest BCUT2D eigenvalue weighted by Crippen LogP contribution is -2.32. The molecule has 1 aliphatic heterocycles. The summed E-state index contributed by atoms with van der Waals surface area (Å²) in [4.78, 5) is 32.1. The molecule has 2 aromatic heterocycles. The number of benzene rings is 1. The number of aromatic nitrogens is 2. The molecule has 0 atom stereocenters. The number of carbonyl (C=O) groups excluding carboxylic acids is 2. The van der Waals surface area contributed by atoms with E-state index in [1.165, 1.54) is 12.1 Å². The summed E-state index contributed by atoms with van der Waals surface area (Å²) < 4.78 is 14.7. The lowest BCUT2D eigenvalue weighted by molar-refractivity contribution is 0.0758. The summed E-state index contributed by atoms with van der Waals surface area (Å²) in [5, 5.41) is 2.80. The van der Waals surface area contributed by atoms with E-state index in [1.807, 2.05) is 11.0 Å². The van der Waals surface area contributed by atoms with E-state index in [4.69, 9.17) is 0 Å². The Balaban J connectivity index is 1.58. The Morgan fingerprint density at radius 2 is 1.72 bits per heavy atom. The summed E-state index contributed by atoms with van der Waals surface area (Å²) in [6.45, 7) is 1.68. The average Bonchev–Trinajstić information content (AvgIpc) is 2.92. The van der Waals surface area contributed by atoms with Gasteiger partial charge in [0.25, 0.3) is 11.8 Å². The number of imidazole rings is 1. The second-order valence-electron chi connectivity index (χ2n) is 7.26.